The van der Waals surface area contributed by atoms with Crippen LogP contribution in [-0.2, 0) is 17.1 Å². The third-order valence-electron chi connectivity index (χ3n) is 4.81. The predicted molar refractivity (Wildman–Crippen MR) is 111 cm³/mol. The molecule has 0 saturated carbocycles. The highest BCUT2D eigenvalue weighted by Gasteiger charge is 2.22. The number of fused-ring (bicyclic) bond motifs is 1. The molecule has 0 aliphatic rings. The van der Waals surface area contributed by atoms with Gasteiger partial charge in [0.25, 0.3) is 0 Å². The largest absolute Gasteiger partial charge is 0.419 e. The van der Waals surface area contributed by atoms with Gasteiger partial charge in [0.15, 0.2) is 5.58 Å². The van der Waals surface area contributed by atoms with Crippen LogP contribution in [-0.4, -0.2) is 29.3 Å². The smallest absolute Gasteiger partial charge is 0.408 e. The van der Waals surface area contributed by atoms with E-state index in [1.807, 2.05) is 41.4 Å². The van der Waals surface area contributed by atoms with Gasteiger partial charge in [0, 0.05) is 19.3 Å². The Bertz CT molecular complexity index is 1330. The lowest BCUT2D eigenvalue weighted by Crippen LogP contribution is -2.32. The van der Waals surface area contributed by atoms with Gasteiger partial charge in [-0.3, -0.25) is 9.25 Å². The van der Waals surface area contributed by atoms with E-state index in [-0.39, 0.29) is 17.5 Å². The van der Waals surface area contributed by atoms with Gasteiger partial charge in [0.1, 0.15) is 0 Å². The Balaban J connectivity index is 1.65. The van der Waals surface area contributed by atoms with E-state index in [1.54, 1.807) is 11.3 Å². The van der Waals surface area contributed by atoms with Crippen molar-refractivity contribution < 1.29 is 12.8 Å². The third kappa shape index (κ3) is 3.66. The highest BCUT2D eigenvalue weighted by atomic mass is 32.2. The molecule has 4 aromatic rings. The maximum absolute atomic E-state index is 12.9. The standard InChI is InChI=1S/C19H20N4O4S2/c1-12-8-13(2)23(21-12)17(14-6-7-28-11-14)10-20-29(25,26)15-4-5-18-16(9-15)22(3)19(24)27-18/h4-9,11,17,20H,10H2,1-3H3. The molecule has 0 amide bonds. The summed E-state index contributed by atoms with van der Waals surface area (Å²) in [5.41, 5.74) is 3.57. The second kappa shape index (κ2) is 7.29. The summed E-state index contributed by atoms with van der Waals surface area (Å²) in [4.78, 5) is 11.7. The fourth-order valence-electron chi connectivity index (χ4n) is 3.32. The van der Waals surface area contributed by atoms with Gasteiger partial charge in [-0.1, -0.05) is 0 Å². The summed E-state index contributed by atoms with van der Waals surface area (Å²) in [6, 6.07) is 8.01. The van der Waals surface area contributed by atoms with Crippen molar-refractivity contribution in [3.63, 3.8) is 0 Å². The molecule has 10 heteroatoms. The van der Waals surface area contributed by atoms with E-state index in [0.717, 1.165) is 17.0 Å². The van der Waals surface area contributed by atoms with Crippen molar-refractivity contribution in [1.29, 1.82) is 0 Å². The van der Waals surface area contributed by atoms with Crippen molar-refractivity contribution in [1.82, 2.24) is 19.1 Å². The number of thiophene rings is 1. The first-order valence-electron chi connectivity index (χ1n) is 8.90. The summed E-state index contributed by atoms with van der Waals surface area (Å²) in [6.07, 6.45) is 0. The molecule has 0 bridgehead atoms. The lowest BCUT2D eigenvalue weighted by atomic mass is 10.1. The Hall–Kier alpha value is -2.69. The van der Waals surface area contributed by atoms with Gasteiger partial charge < -0.3 is 4.42 Å². The molecule has 8 nitrogen and oxygen atoms in total. The fraction of sp³-hybridized carbons (Fsp3) is 0.263. The van der Waals surface area contributed by atoms with E-state index in [1.165, 1.54) is 29.8 Å². The van der Waals surface area contributed by atoms with Crippen LogP contribution in [0.4, 0.5) is 0 Å². The Morgan fingerprint density at radius 3 is 2.69 bits per heavy atom. The number of nitrogens with zero attached hydrogens (tertiary/aromatic N) is 3. The minimum Gasteiger partial charge on any atom is -0.408 e. The minimum atomic E-state index is -3.80. The van der Waals surface area contributed by atoms with Crippen molar-refractivity contribution in [2.24, 2.45) is 7.05 Å². The van der Waals surface area contributed by atoms with Crippen molar-refractivity contribution in [3.05, 3.63) is 68.6 Å². The van der Waals surface area contributed by atoms with Crippen LogP contribution in [0.3, 0.4) is 0 Å². The molecule has 1 atom stereocenters. The lowest BCUT2D eigenvalue weighted by Gasteiger charge is -2.19. The topological polar surface area (TPSA) is 99.1 Å². The number of nitrogens with one attached hydrogen (secondary N) is 1. The molecule has 0 aliphatic heterocycles. The van der Waals surface area contributed by atoms with E-state index in [2.05, 4.69) is 9.82 Å². The molecule has 3 aromatic heterocycles. The molecule has 0 fully saturated rings. The Morgan fingerprint density at radius 1 is 1.24 bits per heavy atom. The number of rotatable bonds is 6. The second-order valence-electron chi connectivity index (χ2n) is 6.85. The van der Waals surface area contributed by atoms with E-state index >= 15 is 0 Å². The van der Waals surface area contributed by atoms with Gasteiger partial charge in [0.2, 0.25) is 10.0 Å². The second-order valence-corrected chi connectivity index (χ2v) is 9.40. The molecule has 0 saturated heterocycles. The number of oxazole rings is 1. The van der Waals surface area contributed by atoms with E-state index in [0.29, 0.717) is 11.1 Å². The number of hydrogen-bond acceptors (Lipinski definition) is 6. The summed E-state index contributed by atoms with van der Waals surface area (Å²) in [6.45, 7) is 3.99. The van der Waals surface area contributed by atoms with Crippen molar-refractivity contribution in [2.75, 3.05) is 6.54 Å². The monoisotopic (exact) mass is 432 g/mol. The number of hydrogen-bond donors (Lipinski definition) is 1. The molecule has 1 unspecified atom stereocenters. The first-order chi connectivity index (χ1) is 13.8. The van der Waals surface area contributed by atoms with Crippen LogP contribution in [0.5, 0.6) is 0 Å². The van der Waals surface area contributed by atoms with Gasteiger partial charge in [0.05, 0.1) is 22.1 Å². The molecule has 0 aliphatic carbocycles. The molecule has 0 spiro atoms. The zero-order valence-electron chi connectivity index (χ0n) is 16.1. The highest BCUT2D eigenvalue weighted by molar-refractivity contribution is 7.89. The molecule has 0 radical (unpaired) electrons. The molecule has 3 heterocycles. The summed E-state index contributed by atoms with van der Waals surface area (Å²) >= 11 is 1.55. The summed E-state index contributed by atoms with van der Waals surface area (Å²) < 4.78 is 36.7. The minimum absolute atomic E-state index is 0.0684. The number of sulfonamides is 1. The van der Waals surface area contributed by atoms with Gasteiger partial charge in [-0.25, -0.2) is 17.9 Å². The lowest BCUT2D eigenvalue weighted by molar-refractivity contribution is 0.495. The van der Waals surface area contributed by atoms with Crippen LogP contribution in [0.2, 0.25) is 0 Å². The van der Waals surface area contributed by atoms with Crippen LogP contribution >= 0.6 is 11.3 Å². The Kier molecular flexibility index (Phi) is 4.93. The van der Waals surface area contributed by atoms with Crippen LogP contribution in [0.15, 0.2) is 55.2 Å². The molecular formula is C19H20N4O4S2. The quantitative estimate of drug-likeness (QED) is 0.505. The van der Waals surface area contributed by atoms with Gasteiger partial charge in [-0.2, -0.15) is 16.4 Å². The maximum Gasteiger partial charge on any atom is 0.419 e. The zero-order chi connectivity index (χ0) is 20.8. The molecule has 1 aromatic carbocycles. The van der Waals surface area contributed by atoms with Gasteiger partial charge in [-0.15, -0.1) is 0 Å². The van der Waals surface area contributed by atoms with Crippen LogP contribution in [0.25, 0.3) is 11.1 Å². The normalized spacial score (nSPS) is 13.2. The van der Waals surface area contributed by atoms with E-state index < -0.39 is 15.8 Å². The number of aryl methyl sites for hydroxylation is 3. The first-order valence-corrected chi connectivity index (χ1v) is 11.3. The Morgan fingerprint density at radius 2 is 2.03 bits per heavy atom. The van der Waals surface area contributed by atoms with E-state index in [4.69, 9.17) is 4.42 Å². The van der Waals surface area contributed by atoms with Gasteiger partial charge >= 0.3 is 5.76 Å². The van der Waals surface area contributed by atoms with Crippen LogP contribution in [0, 0.1) is 13.8 Å². The van der Waals surface area contributed by atoms with Gasteiger partial charge in [-0.05, 0) is 60.5 Å². The zero-order valence-corrected chi connectivity index (χ0v) is 17.8. The van der Waals surface area contributed by atoms with Crippen LogP contribution < -0.4 is 10.5 Å². The first kappa shape index (κ1) is 19.6. The average Bonchev–Trinajstić information content (AvgIpc) is 3.37. The van der Waals surface area contributed by atoms with Crippen LogP contribution in [0.1, 0.15) is 23.0 Å². The van der Waals surface area contributed by atoms with E-state index in [9.17, 15) is 13.2 Å². The molecule has 152 valence electrons. The number of aromatic nitrogens is 3. The maximum atomic E-state index is 12.9. The SMILES string of the molecule is Cc1cc(C)n(C(CNS(=O)(=O)c2ccc3oc(=O)n(C)c3c2)c2ccsc2)n1. The summed E-state index contributed by atoms with van der Waals surface area (Å²) in [5.74, 6) is -0.537. The summed E-state index contributed by atoms with van der Waals surface area (Å²) in [7, 11) is -2.27. The molecular weight excluding hydrogens is 412 g/mol. The van der Waals surface area contributed by atoms with Crippen molar-refractivity contribution >= 4 is 32.5 Å². The fourth-order valence-corrected chi connectivity index (χ4v) is 5.08. The molecule has 4 rings (SSSR count). The molecule has 1 N–H and O–H groups in total. The molecule has 29 heavy (non-hydrogen) atoms. The average molecular weight is 433 g/mol. The third-order valence-corrected chi connectivity index (χ3v) is 6.93. The van der Waals surface area contributed by atoms with Crippen molar-refractivity contribution in [3.8, 4) is 0 Å². The summed E-state index contributed by atoms with van der Waals surface area (Å²) in [5, 5.41) is 8.47. The predicted octanol–water partition coefficient (Wildman–Crippen LogP) is 2.57. The van der Waals surface area contributed by atoms with Crippen molar-refractivity contribution in [2.45, 2.75) is 24.8 Å². The highest BCUT2D eigenvalue weighted by Crippen LogP contribution is 2.23. The Labute approximate surface area is 171 Å². The number of benzene rings is 1.